The van der Waals surface area contributed by atoms with Gasteiger partial charge in [0.1, 0.15) is 12.3 Å². The number of piperazine rings is 1. The Kier molecular flexibility index (Phi) is 9.76. The predicted octanol–water partition coefficient (Wildman–Crippen LogP) is 5.64. The summed E-state index contributed by atoms with van der Waals surface area (Å²) in [6.07, 6.45) is 0. The van der Waals surface area contributed by atoms with E-state index in [1.165, 1.54) is 4.90 Å². The molecule has 1 fully saturated rings. The Morgan fingerprint density at radius 3 is 2.14 bits per heavy atom. The number of methoxy groups -OCH3 is 1. The minimum absolute atomic E-state index is 0.0971. The Balaban J connectivity index is 1.16. The Labute approximate surface area is 258 Å². The average molecular weight is 592 g/mol. The number of urea groups is 1. The summed E-state index contributed by atoms with van der Waals surface area (Å²) in [7, 11) is 1.57. The number of ether oxygens (including phenoxy) is 1. The van der Waals surface area contributed by atoms with Gasteiger partial charge in [0.2, 0.25) is 5.91 Å². The molecule has 0 saturated carbocycles. The number of rotatable bonds is 9. The number of carbonyl (C=O) groups excluding carboxylic acids is 3. The molecule has 4 amide bonds. The van der Waals surface area contributed by atoms with Crippen molar-refractivity contribution in [1.82, 2.24) is 9.80 Å². The van der Waals surface area contributed by atoms with Crippen LogP contribution in [-0.4, -0.2) is 67.5 Å². The third kappa shape index (κ3) is 7.95. The fraction of sp³-hybridized carbons (Fsp3) is 0.229. The van der Waals surface area contributed by atoms with Gasteiger partial charge in [-0.15, -0.1) is 0 Å². The smallest absolute Gasteiger partial charge is 0.321 e. The molecule has 9 nitrogen and oxygen atoms in total. The summed E-state index contributed by atoms with van der Waals surface area (Å²) in [6, 6.07) is 31.8. The maximum Gasteiger partial charge on any atom is 0.321 e. The lowest BCUT2D eigenvalue weighted by molar-refractivity contribution is -0.117. The molecule has 0 spiro atoms. The van der Waals surface area contributed by atoms with Gasteiger partial charge in [0.25, 0.3) is 5.91 Å². The molecule has 9 heteroatoms. The molecule has 0 atom stereocenters. The number of aryl methyl sites for hydroxylation is 1. The second-order valence-corrected chi connectivity index (χ2v) is 10.7. The van der Waals surface area contributed by atoms with Gasteiger partial charge in [0, 0.05) is 55.3 Å². The first kappa shape index (κ1) is 30.2. The summed E-state index contributed by atoms with van der Waals surface area (Å²) in [4.78, 5) is 44.8. The van der Waals surface area contributed by atoms with Crippen LogP contribution in [0, 0.1) is 6.92 Å². The van der Waals surface area contributed by atoms with E-state index in [-0.39, 0.29) is 24.4 Å². The minimum atomic E-state index is -0.288. The summed E-state index contributed by atoms with van der Waals surface area (Å²) < 4.78 is 5.21. The summed E-state index contributed by atoms with van der Waals surface area (Å²) >= 11 is 0. The molecule has 1 aliphatic heterocycles. The first-order valence-electron chi connectivity index (χ1n) is 14.6. The van der Waals surface area contributed by atoms with Gasteiger partial charge in [0.05, 0.1) is 7.11 Å². The highest BCUT2D eigenvalue weighted by Crippen LogP contribution is 2.21. The minimum Gasteiger partial charge on any atom is -0.497 e. The molecule has 0 aliphatic carbocycles. The molecule has 0 radical (unpaired) electrons. The second-order valence-electron chi connectivity index (χ2n) is 10.7. The first-order chi connectivity index (χ1) is 21.4. The molecule has 0 bridgehead atoms. The van der Waals surface area contributed by atoms with Gasteiger partial charge < -0.3 is 30.1 Å². The zero-order valence-electron chi connectivity index (χ0n) is 25.0. The number of nitrogens with one attached hydrogen (secondary N) is 2. The molecule has 4 aromatic rings. The maximum absolute atomic E-state index is 13.4. The summed E-state index contributed by atoms with van der Waals surface area (Å²) in [5.41, 5.74) is 4.96. The molecule has 4 aromatic carbocycles. The molecule has 0 aromatic heterocycles. The fourth-order valence-corrected chi connectivity index (χ4v) is 5.14. The molecule has 1 saturated heterocycles. The quantitative estimate of drug-likeness (QED) is 0.263. The van der Waals surface area contributed by atoms with Gasteiger partial charge in [-0.3, -0.25) is 9.59 Å². The van der Waals surface area contributed by atoms with Crippen LogP contribution < -0.4 is 20.3 Å². The van der Waals surface area contributed by atoms with Crippen LogP contribution in [0.15, 0.2) is 103 Å². The predicted molar refractivity (Wildman–Crippen MR) is 173 cm³/mol. The summed E-state index contributed by atoms with van der Waals surface area (Å²) in [5.74, 6) is 0.125. The monoisotopic (exact) mass is 591 g/mol. The number of anilines is 3. The van der Waals surface area contributed by atoms with Crippen molar-refractivity contribution in [1.29, 1.82) is 0 Å². The van der Waals surface area contributed by atoms with Gasteiger partial charge in [-0.05, 0) is 78.7 Å². The number of hydrogen-bond acceptors (Lipinski definition) is 5. The van der Waals surface area contributed by atoms with E-state index in [1.807, 2.05) is 90.7 Å². The van der Waals surface area contributed by atoms with Gasteiger partial charge in [0.15, 0.2) is 0 Å². The lowest BCUT2D eigenvalue weighted by Gasteiger charge is -2.36. The van der Waals surface area contributed by atoms with E-state index in [1.54, 1.807) is 31.4 Å². The number of amides is 4. The van der Waals surface area contributed by atoms with Crippen molar-refractivity contribution < 1.29 is 19.1 Å². The lowest BCUT2D eigenvalue weighted by atomic mass is 10.1. The summed E-state index contributed by atoms with van der Waals surface area (Å²) in [6.45, 7) is 4.81. The average Bonchev–Trinajstić information content (AvgIpc) is 3.05. The SMILES string of the molecule is COc1ccc(C(=O)N(CC(=O)Nc2ccc(N3CCN(C(=O)Nc4cccc(C)c4)CC3)cc2)Cc2ccccc2)cc1. The van der Waals surface area contributed by atoms with Crippen LogP contribution in [0.1, 0.15) is 21.5 Å². The molecule has 5 rings (SSSR count). The second kappa shape index (κ2) is 14.2. The van der Waals surface area contributed by atoms with Gasteiger partial charge in [-0.25, -0.2) is 4.79 Å². The van der Waals surface area contributed by atoms with E-state index >= 15 is 0 Å². The van der Waals surface area contributed by atoms with Gasteiger partial charge in [-0.2, -0.15) is 0 Å². The number of nitrogens with zero attached hydrogens (tertiary/aromatic N) is 3. The van der Waals surface area contributed by atoms with Crippen molar-refractivity contribution in [2.24, 2.45) is 0 Å². The van der Waals surface area contributed by atoms with E-state index in [4.69, 9.17) is 4.74 Å². The van der Waals surface area contributed by atoms with Gasteiger partial charge in [-0.1, -0.05) is 42.5 Å². The number of benzene rings is 4. The van der Waals surface area contributed by atoms with Crippen LogP contribution in [0.2, 0.25) is 0 Å². The van der Waals surface area contributed by atoms with Crippen molar-refractivity contribution in [3.05, 3.63) is 120 Å². The van der Waals surface area contributed by atoms with E-state index in [2.05, 4.69) is 15.5 Å². The highest BCUT2D eigenvalue weighted by atomic mass is 16.5. The molecule has 226 valence electrons. The Bertz CT molecular complexity index is 1570. The highest BCUT2D eigenvalue weighted by Gasteiger charge is 2.22. The molecule has 1 heterocycles. The van der Waals surface area contributed by atoms with Crippen molar-refractivity contribution in [3.63, 3.8) is 0 Å². The normalized spacial score (nSPS) is 12.8. The number of carbonyl (C=O) groups is 3. The fourth-order valence-electron chi connectivity index (χ4n) is 5.14. The summed E-state index contributed by atoms with van der Waals surface area (Å²) in [5, 5.41) is 5.91. The highest BCUT2D eigenvalue weighted by molar-refractivity contribution is 5.99. The van der Waals surface area contributed by atoms with Crippen LogP contribution in [0.5, 0.6) is 5.75 Å². The van der Waals surface area contributed by atoms with Crippen molar-refractivity contribution in [3.8, 4) is 5.75 Å². The van der Waals surface area contributed by atoms with Crippen molar-refractivity contribution >= 4 is 34.9 Å². The third-order valence-electron chi connectivity index (χ3n) is 7.53. The van der Waals surface area contributed by atoms with Crippen LogP contribution in [0.4, 0.5) is 21.9 Å². The van der Waals surface area contributed by atoms with Crippen LogP contribution >= 0.6 is 0 Å². The molecular weight excluding hydrogens is 554 g/mol. The Morgan fingerprint density at radius 2 is 1.48 bits per heavy atom. The zero-order chi connectivity index (χ0) is 30.9. The van der Waals surface area contributed by atoms with Crippen molar-refractivity contribution in [2.45, 2.75) is 13.5 Å². The Morgan fingerprint density at radius 1 is 0.773 bits per heavy atom. The van der Waals surface area contributed by atoms with Crippen molar-refractivity contribution in [2.75, 3.05) is 55.4 Å². The molecule has 1 aliphatic rings. The topological polar surface area (TPSA) is 94.2 Å². The van der Waals surface area contributed by atoms with Crippen LogP contribution in [0.25, 0.3) is 0 Å². The van der Waals surface area contributed by atoms with E-state index in [9.17, 15) is 14.4 Å². The van der Waals surface area contributed by atoms with Crippen LogP contribution in [-0.2, 0) is 11.3 Å². The molecule has 2 N–H and O–H groups in total. The molecule has 44 heavy (non-hydrogen) atoms. The third-order valence-corrected chi connectivity index (χ3v) is 7.53. The largest absolute Gasteiger partial charge is 0.497 e. The van der Waals surface area contributed by atoms with E-state index in [0.717, 1.165) is 22.5 Å². The standard InChI is InChI=1S/C35H37N5O4/c1-26-7-6-10-30(23-26)37-35(43)39-21-19-38(20-22-39)31-15-13-29(14-16-31)36-33(41)25-40(24-27-8-4-3-5-9-27)34(42)28-11-17-32(44-2)18-12-28/h3-18,23H,19-22,24-25H2,1-2H3,(H,36,41)(H,37,43). The van der Waals surface area contributed by atoms with E-state index in [0.29, 0.717) is 49.7 Å². The van der Waals surface area contributed by atoms with E-state index < -0.39 is 0 Å². The molecular formula is C35H37N5O4. The number of hydrogen-bond donors (Lipinski definition) is 2. The molecule has 0 unspecified atom stereocenters. The maximum atomic E-state index is 13.4. The zero-order valence-corrected chi connectivity index (χ0v) is 25.0. The first-order valence-corrected chi connectivity index (χ1v) is 14.6. The van der Waals surface area contributed by atoms with Gasteiger partial charge >= 0.3 is 6.03 Å². The Hall–Kier alpha value is -5.31. The van der Waals surface area contributed by atoms with Crippen LogP contribution in [0.3, 0.4) is 0 Å². The lowest BCUT2D eigenvalue weighted by Crippen LogP contribution is -2.50.